The monoisotopic (exact) mass is 465 g/mol. The van der Waals surface area contributed by atoms with Crippen LogP contribution in [0.5, 0.6) is 0 Å². The van der Waals surface area contributed by atoms with Gasteiger partial charge in [-0.3, -0.25) is 14.9 Å². The molecular formula is C24H27N5O5. The first kappa shape index (κ1) is 24.4. The van der Waals surface area contributed by atoms with Crippen molar-refractivity contribution in [1.29, 1.82) is 0 Å². The third-order valence-electron chi connectivity index (χ3n) is 5.07. The number of aromatic nitrogens is 1. The molecule has 0 bridgehead atoms. The smallest absolute Gasteiger partial charge is 0.407 e. The topological polar surface area (TPSA) is 139 Å². The molecule has 0 aliphatic heterocycles. The van der Waals surface area contributed by atoms with Gasteiger partial charge < -0.3 is 15.0 Å². The van der Waals surface area contributed by atoms with Gasteiger partial charge in [0.05, 0.1) is 17.7 Å². The number of nitro benzene ring substituents is 1. The zero-order chi connectivity index (χ0) is 24.7. The van der Waals surface area contributed by atoms with Gasteiger partial charge in [-0.15, -0.1) is 0 Å². The summed E-state index contributed by atoms with van der Waals surface area (Å²) < 4.78 is 5.17. The summed E-state index contributed by atoms with van der Waals surface area (Å²) in [6.07, 6.45) is 2.61. The first-order valence-electron chi connectivity index (χ1n) is 10.8. The summed E-state index contributed by atoms with van der Waals surface area (Å²) in [6.45, 7) is 5.68. The Morgan fingerprint density at radius 3 is 2.74 bits per heavy atom. The number of fused-ring (bicyclic) bond motifs is 1. The van der Waals surface area contributed by atoms with Gasteiger partial charge >= 0.3 is 6.09 Å². The van der Waals surface area contributed by atoms with Gasteiger partial charge in [0, 0.05) is 40.7 Å². The fraction of sp³-hybridized carbons (Fsp3) is 0.292. The summed E-state index contributed by atoms with van der Waals surface area (Å²) in [6, 6.07) is 11.3. The van der Waals surface area contributed by atoms with Gasteiger partial charge in [0.1, 0.15) is 6.04 Å². The minimum Gasteiger partial charge on any atom is -0.449 e. The van der Waals surface area contributed by atoms with Crippen molar-refractivity contribution >= 4 is 34.8 Å². The van der Waals surface area contributed by atoms with Crippen LogP contribution < -0.4 is 10.7 Å². The van der Waals surface area contributed by atoms with Crippen molar-refractivity contribution < 1.29 is 19.2 Å². The average Bonchev–Trinajstić information content (AvgIpc) is 3.21. The van der Waals surface area contributed by atoms with E-state index in [1.54, 1.807) is 25.3 Å². The SMILES string of the molecule is Cc1ccc(/C=N\NC(=O)[C@H](Cc2c[nH]c3ccccc23)NC(=O)OCC(C)C)cc1[N+](=O)[O-]. The Morgan fingerprint density at radius 1 is 1.24 bits per heavy atom. The molecule has 1 atom stereocenters. The molecule has 10 nitrogen and oxygen atoms in total. The maximum absolute atomic E-state index is 12.9. The number of aromatic amines is 1. The minimum absolute atomic E-state index is 0.0398. The number of hydrogen-bond acceptors (Lipinski definition) is 6. The molecule has 34 heavy (non-hydrogen) atoms. The second-order valence-corrected chi connectivity index (χ2v) is 8.29. The van der Waals surface area contributed by atoms with Gasteiger partial charge in [-0.05, 0) is 24.5 Å². The minimum atomic E-state index is -0.955. The molecular weight excluding hydrogens is 438 g/mol. The summed E-state index contributed by atoms with van der Waals surface area (Å²) in [7, 11) is 0. The Balaban J connectivity index is 1.74. The first-order valence-corrected chi connectivity index (χ1v) is 10.8. The standard InChI is InChI=1S/C24H27N5O5/c1-15(2)14-34-24(31)27-21(11-18-13-25-20-7-5-4-6-19(18)20)23(30)28-26-12-17-9-8-16(3)22(10-17)29(32)33/h4-10,12-13,15,21,25H,11,14H2,1-3H3,(H,27,31)(H,28,30)/b26-12-/t21-/m0/s1. The number of alkyl carbamates (subject to hydrolysis) is 1. The Kier molecular flexibility index (Phi) is 7.96. The van der Waals surface area contributed by atoms with Gasteiger partial charge in [-0.2, -0.15) is 5.10 Å². The number of para-hydroxylation sites is 1. The number of nitro groups is 1. The summed E-state index contributed by atoms with van der Waals surface area (Å²) in [5, 5.41) is 18.6. The molecule has 1 heterocycles. The third kappa shape index (κ3) is 6.41. The number of H-pyrrole nitrogens is 1. The molecule has 1 aromatic heterocycles. The van der Waals surface area contributed by atoms with Crippen LogP contribution >= 0.6 is 0 Å². The molecule has 0 saturated carbocycles. The van der Waals surface area contributed by atoms with Crippen LogP contribution in [0.4, 0.5) is 10.5 Å². The molecule has 0 spiro atoms. The highest BCUT2D eigenvalue weighted by Gasteiger charge is 2.23. The highest BCUT2D eigenvalue weighted by Crippen LogP contribution is 2.20. The quantitative estimate of drug-likeness (QED) is 0.250. The average molecular weight is 466 g/mol. The lowest BCUT2D eigenvalue weighted by Gasteiger charge is -2.17. The fourth-order valence-electron chi connectivity index (χ4n) is 3.31. The van der Waals surface area contributed by atoms with Crippen LogP contribution in [0, 0.1) is 23.0 Å². The highest BCUT2D eigenvalue weighted by atomic mass is 16.6. The molecule has 3 N–H and O–H groups in total. The lowest BCUT2D eigenvalue weighted by molar-refractivity contribution is -0.385. The number of nitrogens with one attached hydrogen (secondary N) is 3. The second kappa shape index (κ2) is 11.1. The molecule has 3 rings (SSSR count). The van der Waals surface area contributed by atoms with Gasteiger partial charge in [-0.25, -0.2) is 10.2 Å². The molecule has 0 aliphatic rings. The zero-order valence-electron chi connectivity index (χ0n) is 19.2. The number of ether oxygens (including phenoxy) is 1. The maximum atomic E-state index is 12.9. The van der Waals surface area contributed by atoms with Crippen LogP contribution in [-0.2, 0) is 16.0 Å². The summed E-state index contributed by atoms with van der Waals surface area (Å²) in [4.78, 5) is 38.9. The predicted octanol–water partition coefficient (Wildman–Crippen LogP) is 3.83. The van der Waals surface area contributed by atoms with E-state index in [-0.39, 0.29) is 24.6 Å². The van der Waals surface area contributed by atoms with Crippen molar-refractivity contribution in [3.63, 3.8) is 0 Å². The molecule has 0 fully saturated rings. The molecule has 178 valence electrons. The molecule has 10 heteroatoms. The number of carbonyl (C=O) groups excluding carboxylic acids is 2. The molecule has 2 amide bonds. The lowest BCUT2D eigenvalue weighted by Crippen LogP contribution is -2.47. The van der Waals surface area contributed by atoms with E-state index in [1.807, 2.05) is 38.1 Å². The van der Waals surface area contributed by atoms with Crippen LogP contribution in [0.15, 0.2) is 53.8 Å². The first-order chi connectivity index (χ1) is 16.2. The highest BCUT2D eigenvalue weighted by molar-refractivity contribution is 5.89. The van der Waals surface area contributed by atoms with Crippen LogP contribution in [-0.4, -0.2) is 40.8 Å². The Bertz CT molecular complexity index is 1220. The second-order valence-electron chi connectivity index (χ2n) is 8.29. The maximum Gasteiger partial charge on any atom is 0.407 e. The van der Waals surface area contributed by atoms with E-state index in [9.17, 15) is 19.7 Å². The van der Waals surface area contributed by atoms with E-state index in [0.717, 1.165) is 16.5 Å². The van der Waals surface area contributed by atoms with Gasteiger partial charge in [0.15, 0.2) is 0 Å². The van der Waals surface area contributed by atoms with Crippen LogP contribution in [0.3, 0.4) is 0 Å². The van der Waals surface area contributed by atoms with Crippen LogP contribution in [0.25, 0.3) is 10.9 Å². The van der Waals surface area contributed by atoms with E-state index >= 15 is 0 Å². The molecule has 2 aromatic carbocycles. The van der Waals surface area contributed by atoms with Crippen LogP contribution in [0.2, 0.25) is 0 Å². The lowest BCUT2D eigenvalue weighted by atomic mass is 10.0. The largest absolute Gasteiger partial charge is 0.449 e. The summed E-state index contributed by atoms with van der Waals surface area (Å²) in [5.41, 5.74) is 5.10. The number of nitrogens with zero attached hydrogens (tertiary/aromatic N) is 2. The van der Waals surface area contributed by atoms with Gasteiger partial charge in [0.25, 0.3) is 11.6 Å². The fourth-order valence-corrected chi connectivity index (χ4v) is 3.31. The van der Waals surface area contributed by atoms with Crippen molar-refractivity contribution in [3.8, 4) is 0 Å². The molecule has 0 aliphatic carbocycles. The third-order valence-corrected chi connectivity index (χ3v) is 5.07. The van der Waals surface area contributed by atoms with Crippen LogP contribution in [0.1, 0.15) is 30.5 Å². The normalized spacial score (nSPS) is 12.1. The van der Waals surface area contributed by atoms with Crippen molar-refractivity contribution in [1.82, 2.24) is 15.7 Å². The Hall–Kier alpha value is -4.21. The Labute approximate surface area is 196 Å². The molecule has 0 unspecified atom stereocenters. The molecule has 0 radical (unpaired) electrons. The van der Waals surface area contributed by atoms with Gasteiger partial charge in [0.2, 0.25) is 0 Å². The van der Waals surface area contributed by atoms with E-state index in [0.29, 0.717) is 11.1 Å². The van der Waals surface area contributed by atoms with Gasteiger partial charge in [-0.1, -0.05) is 44.2 Å². The predicted molar refractivity (Wildman–Crippen MR) is 129 cm³/mol. The number of rotatable bonds is 9. The van der Waals surface area contributed by atoms with E-state index < -0.39 is 23.0 Å². The van der Waals surface area contributed by atoms with Crippen molar-refractivity contribution in [3.05, 3.63) is 75.5 Å². The Morgan fingerprint density at radius 2 is 2.00 bits per heavy atom. The summed E-state index contributed by atoms with van der Waals surface area (Å²) >= 11 is 0. The summed E-state index contributed by atoms with van der Waals surface area (Å²) in [5.74, 6) is -0.403. The number of benzene rings is 2. The number of hydrogen-bond donors (Lipinski definition) is 3. The van der Waals surface area contributed by atoms with E-state index in [1.165, 1.54) is 12.3 Å². The van der Waals surface area contributed by atoms with E-state index in [4.69, 9.17) is 4.74 Å². The zero-order valence-corrected chi connectivity index (χ0v) is 19.2. The molecule has 0 saturated heterocycles. The van der Waals surface area contributed by atoms with Crippen molar-refractivity contribution in [2.75, 3.05) is 6.61 Å². The molecule has 3 aromatic rings. The number of hydrazone groups is 1. The number of carbonyl (C=O) groups is 2. The van der Waals surface area contributed by atoms with E-state index in [2.05, 4.69) is 20.8 Å². The van der Waals surface area contributed by atoms with Crippen molar-refractivity contribution in [2.45, 2.75) is 33.2 Å². The number of amides is 2. The number of aryl methyl sites for hydroxylation is 1. The van der Waals surface area contributed by atoms with Crippen molar-refractivity contribution in [2.24, 2.45) is 11.0 Å².